The molecule has 4 nitrogen and oxygen atoms in total. The number of carbonyl (C=O) groups excluding carboxylic acids is 1. The Hall–Kier alpha value is -2.33. The number of hydrogen-bond donors (Lipinski definition) is 0. The molecule has 1 amide bonds. The number of benzene rings is 1. The number of halogens is 1. The number of aromatic nitrogens is 1. The zero-order chi connectivity index (χ0) is 19.0. The molecule has 0 saturated heterocycles. The topological polar surface area (TPSA) is 46.3 Å². The standard InChI is InChI=1S/C22H23ClN2O2/c1-14-9-15(2)20-17(10-14)11-18(21(23)24-20)12-25(13-19-7-4-8-27-19)22(26)16-5-3-6-16/h4,7-11,16H,3,5-6,12-13H2,1-2H3. The van der Waals surface area contributed by atoms with Crippen molar-refractivity contribution in [3.8, 4) is 0 Å². The maximum atomic E-state index is 13.0. The van der Waals surface area contributed by atoms with Crippen LogP contribution in [0.1, 0.15) is 41.7 Å². The first-order chi connectivity index (χ1) is 13.0. The van der Waals surface area contributed by atoms with Gasteiger partial charge in [-0.3, -0.25) is 4.79 Å². The third-order valence-corrected chi connectivity index (χ3v) is 5.66. The van der Waals surface area contributed by atoms with Crippen molar-refractivity contribution >= 4 is 28.4 Å². The molecule has 1 fully saturated rings. The maximum Gasteiger partial charge on any atom is 0.226 e. The molecule has 4 rings (SSSR count). The highest BCUT2D eigenvalue weighted by atomic mass is 35.5. The van der Waals surface area contributed by atoms with E-state index in [4.69, 9.17) is 16.0 Å². The van der Waals surface area contributed by atoms with Gasteiger partial charge in [-0.1, -0.05) is 29.7 Å². The molecule has 0 atom stereocenters. The second-order valence-electron chi connectivity index (χ2n) is 7.49. The molecule has 0 unspecified atom stereocenters. The molecule has 5 heteroatoms. The summed E-state index contributed by atoms with van der Waals surface area (Å²) in [4.78, 5) is 19.4. The van der Waals surface area contributed by atoms with Crippen LogP contribution in [0.3, 0.4) is 0 Å². The van der Waals surface area contributed by atoms with Crippen molar-refractivity contribution in [2.75, 3.05) is 0 Å². The SMILES string of the molecule is Cc1cc(C)c2nc(Cl)c(CN(Cc3ccco3)C(=O)C3CCC3)cc2c1. The van der Waals surface area contributed by atoms with Crippen LogP contribution in [0.25, 0.3) is 10.9 Å². The van der Waals surface area contributed by atoms with Crippen molar-refractivity contribution in [3.63, 3.8) is 0 Å². The molecule has 0 N–H and O–H groups in total. The number of furan rings is 1. The Morgan fingerprint density at radius 1 is 1.26 bits per heavy atom. The summed E-state index contributed by atoms with van der Waals surface area (Å²) in [5.74, 6) is 1.07. The molecule has 2 heterocycles. The summed E-state index contributed by atoms with van der Waals surface area (Å²) in [6.45, 7) is 5.00. The second kappa shape index (κ2) is 7.35. The average molecular weight is 383 g/mol. The van der Waals surface area contributed by atoms with Gasteiger partial charge in [-0.25, -0.2) is 4.98 Å². The zero-order valence-electron chi connectivity index (χ0n) is 15.7. The Balaban J connectivity index is 1.67. The van der Waals surface area contributed by atoms with Gasteiger partial charge in [-0.2, -0.15) is 0 Å². The first kappa shape index (κ1) is 18.1. The van der Waals surface area contributed by atoms with Crippen LogP contribution in [0.2, 0.25) is 5.15 Å². The second-order valence-corrected chi connectivity index (χ2v) is 7.85. The van der Waals surface area contributed by atoms with Crippen LogP contribution in [-0.2, 0) is 17.9 Å². The molecule has 0 spiro atoms. The predicted molar refractivity (Wildman–Crippen MR) is 107 cm³/mol. The smallest absolute Gasteiger partial charge is 0.226 e. The molecule has 140 valence electrons. The monoisotopic (exact) mass is 382 g/mol. The molecule has 1 aliphatic rings. The van der Waals surface area contributed by atoms with Crippen LogP contribution in [0, 0.1) is 19.8 Å². The molecular weight excluding hydrogens is 360 g/mol. The summed E-state index contributed by atoms with van der Waals surface area (Å²) in [5.41, 5.74) is 4.08. The zero-order valence-corrected chi connectivity index (χ0v) is 16.4. The highest BCUT2D eigenvalue weighted by Crippen LogP contribution is 2.31. The number of amides is 1. The van der Waals surface area contributed by atoms with Crippen LogP contribution in [-0.4, -0.2) is 15.8 Å². The van der Waals surface area contributed by atoms with E-state index < -0.39 is 0 Å². The van der Waals surface area contributed by atoms with Gasteiger partial charge < -0.3 is 9.32 Å². The fourth-order valence-corrected chi connectivity index (χ4v) is 3.90. The van der Waals surface area contributed by atoms with Crippen molar-refractivity contribution < 1.29 is 9.21 Å². The number of hydrogen-bond acceptors (Lipinski definition) is 3. The molecule has 0 aliphatic heterocycles. The van der Waals surface area contributed by atoms with E-state index in [1.54, 1.807) is 6.26 Å². The first-order valence-electron chi connectivity index (χ1n) is 9.39. The normalized spacial score (nSPS) is 14.3. The number of nitrogens with zero attached hydrogens (tertiary/aromatic N) is 2. The van der Waals surface area contributed by atoms with E-state index in [-0.39, 0.29) is 11.8 Å². The van der Waals surface area contributed by atoms with E-state index in [9.17, 15) is 4.79 Å². The summed E-state index contributed by atoms with van der Waals surface area (Å²) < 4.78 is 5.47. The number of pyridine rings is 1. The lowest BCUT2D eigenvalue weighted by atomic mass is 9.84. The Morgan fingerprint density at radius 3 is 2.74 bits per heavy atom. The lowest BCUT2D eigenvalue weighted by molar-refractivity contribution is -0.139. The number of aryl methyl sites for hydroxylation is 2. The van der Waals surface area contributed by atoms with E-state index in [1.165, 1.54) is 5.56 Å². The molecule has 2 aromatic heterocycles. The van der Waals surface area contributed by atoms with Gasteiger partial charge in [0.2, 0.25) is 5.91 Å². The van der Waals surface area contributed by atoms with Crippen molar-refractivity contribution in [2.24, 2.45) is 5.92 Å². The van der Waals surface area contributed by atoms with E-state index in [0.29, 0.717) is 18.2 Å². The fraction of sp³-hybridized carbons (Fsp3) is 0.364. The van der Waals surface area contributed by atoms with Gasteiger partial charge in [0.25, 0.3) is 0 Å². The van der Waals surface area contributed by atoms with Crippen LogP contribution >= 0.6 is 11.6 Å². The van der Waals surface area contributed by atoms with Gasteiger partial charge >= 0.3 is 0 Å². The lowest BCUT2D eigenvalue weighted by Crippen LogP contribution is -2.38. The minimum Gasteiger partial charge on any atom is -0.467 e. The van der Waals surface area contributed by atoms with Crippen molar-refractivity contribution in [2.45, 2.75) is 46.2 Å². The summed E-state index contributed by atoms with van der Waals surface area (Å²) in [7, 11) is 0. The quantitative estimate of drug-likeness (QED) is 0.553. The number of rotatable bonds is 5. The molecule has 1 aromatic carbocycles. The minimum absolute atomic E-state index is 0.122. The molecule has 0 bridgehead atoms. The molecule has 3 aromatic rings. The van der Waals surface area contributed by atoms with Crippen LogP contribution < -0.4 is 0 Å². The van der Waals surface area contributed by atoms with Crippen molar-refractivity contribution in [1.82, 2.24) is 9.88 Å². The highest BCUT2D eigenvalue weighted by Gasteiger charge is 2.30. The fourth-order valence-electron chi connectivity index (χ4n) is 3.71. The van der Waals surface area contributed by atoms with E-state index in [1.807, 2.05) is 24.0 Å². The minimum atomic E-state index is 0.122. The lowest BCUT2D eigenvalue weighted by Gasteiger charge is -2.31. The van der Waals surface area contributed by atoms with Gasteiger partial charge in [-0.05, 0) is 56.5 Å². The Labute approximate surface area is 164 Å². The van der Waals surface area contributed by atoms with Gasteiger partial charge in [0.1, 0.15) is 10.9 Å². The molecule has 27 heavy (non-hydrogen) atoms. The third-order valence-electron chi connectivity index (χ3n) is 5.33. The summed E-state index contributed by atoms with van der Waals surface area (Å²) in [6, 6.07) is 10.0. The van der Waals surface area contributed by atoms with Crippen LogP contribution in [0.5, 0.6) is 0 Å². The number of fused-ring (bicyclic) bond motifs is 1. The summed E-state index contributed by atoms with van der Waals surface area (Å²) in [6.07, 6.45) is 4.70. The number of carbonyl (C=O) groups is 1. The van der Waals surface area contributed by atoms with Crippen LogP contribution in [0.4, 0.5) is 0 Å². The van der Waals surface area contributed by atoms with Gasteiger partial charge in [0.15, 0.2) is 0 Å². The van der Waals surface area contributed by atoms with Gasteiger partial charge in [-0.15, -0.1) is 0 Å². The van der Waals surface area contributed by atoms with E-state index >= 15 is 0 Å². The van der Waals surface area contributed by atoms with Crippen LogP contribution in [0.15, 0.2) is 41.0 Å². The largest absolute Gasteiger partial charge is 0.467 e. The van der Waals surface area contributed by atoms with E-state index in [2.05, 4.69) is 30.1 Å². The maximum absolute atomic E-state index is 13.0. The molecular formula is C22H23ClN2O2. The molecule has 0 radical (unpaired) electrons. The average Bonchev–Trinajstić information content (AvgIpc) is 3.07. The van der Waals surface area contributed by atoms with Crippen molar-refractivity contribution in [3.05, 3.63) is 64.2 Å². The van der Waals surface area contributed by atoms with E-state index in [0.717, 1.165) is 47.1 Å². The summed E-state index contributed by atoms with van der Waals surface area (Å²) in [5, 5.41) is 1.52. The first-order valence-corrected chi connectivity index (χ1v) is 9.76. The van der Waals surface area contributed by atoms with Gasteiger partial charge in [0, 0.05) is 23.4 Å². The Morgan fingerprint density at radius 2 is 2.07 bits per heavy atom. The summed E-state index contributed by atoms with van der Waals surface area (Å²) >= 11 is 6.50. The molecule has 1 saturated carbocycles. The Kier molecular flexibility index (Phi) is 4.92. The van der Waals surface area contributed by atoms with Gasteiger partial charge in [0.05, 0.1) is 18.3 Å². The Bertz CT molecular complexity index is 978. The predicted octanol–water partition coefficient (Wildman–Crippen LogP) is 5.43. The van der Waals surface area contributed by atoms with Crippen molar-refractivity contribution in [1.29, 1.82) is 0 Å². The highest BCUT2D eigenvalue weighted by molar-refractivity contribution is 6.30. The molecule has 1 aliphatic carbocycles. The third kappa shape index (κ3) is 3.72.